The summed E-state index contributed by atoms with van der Waals surface area (Å²) in [6.07, 6.45) is 0. The fraction of sp³-hybridized carbons (Fsp3) is 0.120. The Kier molecular flexibility index (Phi) is 6.35. The third kappa shape index (κ3) is 4.56. The van der Waals surface area contributed by atoms with Gasteiger partial charge in [-0.3, -0.25) is 9.59 Å². The van der Waals surface area contributed by atoms with Crippen molar-refractivity contribution < 1.29 is 13.9 Å². The molecular weight excluding hydrogens is 494 g/mol. The van der Waals surface area contributed by atoms with Crippen LogP contribution in [0.25, 0.3) is 22.3 Å². The topological polar surface area (TPSA) is 68.5 Å². The van der Waals surface area contributed by atoms with E-state index in [1.165, 1.54) is 0 Å². The molecule has 7 heteroatoms. The summed E-state index contributed by atoms with van der Waals surface area (Å²) in [4.78, 5) is 25.8. The number of ether oxygens (including phenoxy) is 1. The lowest BCUT2D eigenvalue weighted by atomic mass is 10.0. The van der Waals surface area contributed by atoms with E-state index in [1.807, 2.05) is 32.0 Å². The maximum atomic E-state index is 13.3. The maximum absolute atomic E-state index is 13.3. The first kappa shape index (κ1) is 22.1. The number of rotatable bonds is 5. The van der Waals surface area contributed by atoms with Gasteiger partial charge in [-0.25, -0.2) is 0 Å². The van der Waals surface area contributed by atoms with E-state index in [9.17, 15) is 9.59 Å². The van der Waals surface area contributed by atoms with Crippen LogP contribution in [-0.4, -0.2) is 12.5 Å². The number of carbonyl (C=O) groups is 1. The summed E-state index contributed by atoms with van der Waals surface area (Å²) in [7, 11) is 0. The van der Waals surface area contributed by atoms with Gasteiger partial charge in [0.25, 0.3) is 5.91 Å². The molecule has 0 atom stereocenters. The van der Waals surface area contributed by atoms with E-state index < -0.39 is 5.91 Å². The quantitative estimate of drug-likeness (QED) is 0.331. The molecule has 0 spiro atoms. The standard InChI is InChI=1S/C25H19BrClNO4/c1-14-11-19-21(12-15(14)2)32-24(18-5-3-4-6-20(18)27)25(23(19)30)31-13-22(29)28-17-9-7-16(26)8-10-17/h3-12H,13H2,1-2H3,(H,28,29). The van der Waals surface area contributed by atoms with Crippen LogP contribution in [0.4, 0.5) is 5.69 Å². The molecule has 0 saturated carbocycles. The summed E-state index contributed by atoms with van der Waals surface area (Å²) in [6.45, 7) is 3.50. The third-order valence-electron chi connectivity index (χ3n) is 5.06. The molecule has 1 N–H and O–H groups in total. The molecule has 0 bridgehead atoms. The maximum Gasteiger partial charge on any atom is 0.262 e. The largest absolute Gasteiger partial charge is 0.476 e. The van der Waals surface area contributed by atoms with Gasteiger partial charge in [-0.05, 0) is 73.5 Å². The molecule has 162 valence electrons. The van der Waals surface area contributed by atoms with Crippen LogP contribution in [0.2, 0.25) is 5.02 Å². The van der Waals surface area contributed by atoms with Crippen LogP contribution < -0.4 is 15.5 Å². The van der Waals surface area contributed by atoms with Gasteiger partial charge in [0.05, 0.1) is 10.4 Å². The number of fused-ring (bicyclic) bond motifs is 1. The van der Waals surface area contributed by atoms with Gasteiger partial charge >= 0.3 is 0 Å². The van der Waals surface area contributed by atoms with Crippen molar-refractivity contribution in [2.24, 2.45) is 0 Å². The highest BCUT2D eigenvalue weighted by atomic mass is 79.9. The van der Waals surface area contributed by atoms with E-state index in [1.54, 1.807) is 42.5 Å². The fourth-order valence-electron chi connectivity index (χ4n) is 3.26. The first-order valence-corrected chi connectivity index (χ1v) is 11.0. The number of aryl methyl sites for hydroxylation is 2. The molecule has 0 fully saturated rings. The van der Waals surface area contributed by atoms with E-state index in [-0.39, 0.29) is 23.5 Å². The number of benzene rings is 3. The molecule has 4 aromatic rings. The summed E-state index contributed by atoms with van der Waals surface area (Å²) in [6, 6.07) is 17.7. The highest BCUT2D eigenvalue weighted by Crippen LogP contribution is 2.35. The van der Waals surface area contributed by atoms with Gasteiger partial charge < -0.3 is 14.5 Å². The average Bonchev–Trinajstić information content (AvgIpc) is 2.76. The molecule has 0 unspecified atom stereocenters. The van der Waals surface area contributed by atoms with Crippen molar-refractivity contribution in [1.82, 2.24) is 0 Å². The third-order valence-corrected chi connectivity index (χ3v) is 5.92. The molecule has 0 aliphatic carbocycles. The molecule has 0 aliphatic rings. The number of amides is 1. The van der Waals surface area contributed by atoms with Crippen molar-refractivity contribution in [3.63, 3.8) is 0 Å². The SMILES string of the molecule is Cc1cc2oc(-c3ccccc3Cl)c(OCC(=O)Nc3ccc(Br)cc3)c(=O)c2cc1C. The van der Waals surface area contributed by atoms with Gasteiger partial charge in [0.1, 0.15) is 5.58 Å². The predicted molar refractivity (Wildman–Crippen MR) is 131 cm³/mol. The zero-order valence-electron chi connectivity index (χ0n) is 17.4. The van der Waals surface area contributed by atoms with E-state index >= 15 is 0 Å². The van der Waals surface area contributed by atoms with Crippen molar-refractivity contribution >= 4 is 50.1 Å². The Morgan fingerprint density at radius 3 is 2.47 bits per heavy atom. The number of nitrogens with one attached hydrogen (secondary N) is 1. The number of carbonyl (C=O) groups excluding carboxylic acids is 1. The van der Waals surface area contributed by atoms with Crippen molar-refractivity contribution in [2.75, 3.05) is 11.9 Å². The minimum atomic E-state index is -0.406. The smallest absolute Gasteiger partial charge is 0.262 e. The monoisotopic (exact) mass is 511 g/mol. The minimum Gasteiger partial charge on any atom is -0.476 e. The second kappa shape index (κ2) is 9.18. The summed E-state index contributed by atoms with van der Waals surface area (Å²) >= 11 is 9.73. The van der Waals surface area contributed by atoms with Gasteiger partial charge in [-0.2, -0.15) is 0 Å². The predicted octanol–water partition coefficient (Wildman–Crippen LogP) is 6.51. The second-order valence-corrected chi connectivity index (χ2v) is 8.67. The highest BCUT2D eigenvalue weighted by molar-refractivity contribution is 9.10. The Bertz CT molecular complexity index is 1380. The Morgan fingerprint density at radius 2 is 1.75 bits per heavy atom. The average molecular weight is 513 g/mol. The van der Waals surface area contributed by atoms with Gasteiger partial charge in [-0.1, -0.05) is 39.7 Å². The second-order valence-electron chi connectivity index (χ2n) is 7.35. The summed E-state index contributed by atoms with van der Waals surface area (Å²) in [5.41, 5.74) is 3.14. The Hall–Kier alpha value is -3.09. The van der Waals surface area contributed by atoms with Gasteiger partial charge in [0.15, 0.2) is 12.4 Å². The van der Waals surface area contributed by atoms with Crippen LogP contribution >= 0.6 is 27.5 Å². The van der Waals surface area contributed by atoms with Crippen molar-refractivity contribution in [1.29, 1.82) is 0 Å². The molecule has 0 aliphatic heterocycles. The Labute approximate surface area is 198 Å². The molecule has 5 nitrogen and oxygen atoms in total. The number of hydrogen-bond acceptors (Lipinski definition) is 4. The van der Waals surface area contributed by atoms with Crippen LogP contribution in [0.3, 0.4) is 0 Å². The number of hydrogen-bond donors (Lipinski definition) is 1. The Morgan fingerprint density at radius 1 is 1.06 bits per heavy atom. The van der Waals surface area contributed by atoms with Gasteiger partial charge in [0.2, 0.25) is 11.2 Å². The summed E-state index contributed by atoms with van der Waals surface area (Å²) in [5, 5.41) is 3.53. The van der Waals surface area contributed by atoms with E-state index in [0.717, 1.165) is 15.6 Å². The molecular formula is C25H19BrClNO4. The number of halogens is 2. The van der Waals surface area contributed by atoms with Crippen LogP contribution in [0, 0.1) is 13.8 Å². The number of anilines is 1. The molecule has 1 amide bonds. The highest BCUT2D eigenvalue weighted by Gasteiger charge is 2.21. The molecule has 1 heterocycles. The fourth-order valence-corrected chi connectivity index (χ4v) is 3.74. The van der Waals surface area contributed by atoms with Crippen LogP contribution in [-0.2, 0) is 4.79 Å². The first-order valence-electron chi connectivity index (χ1n) is 9.84. The molecule has 1 aromatic heterocycles. The van der Waals surface area contributed by atoms with Crippen LogP contribution in [0.1, 0.15) is 11.1 Å². The molecule has 3 aromatic carbocycles. The van der Waals surface area contributed by atoms with E-state index in [2.05, 4.69) is 21.2 Å². The van der Waals surface area contributed by atoms with Crippen molar-refractivity contribution in [2.45, 2.75) is 13.8 Å². The summed E-state index contributed by atoms with van der Waals surface area (Å²) in [5.74, 6) is -0.274. The van der Waals surface area contributed by atoms with Crippen molar-refractivity contribution in [3.8, 4) is 17.1 Å². The molecule has 0 radical (unpaired) electrons. The van der Waals surface area contributed by atoms with E-state index in [4.69, 9.17) is 20.8 Å². The lowest BCUT2D eigenvalue weighted by Gasteiger charge is -2.13. The molecule has 4 rings (SSSR count). The van der Waals surface area contributed by atoms with Crippen molar-refractivity contribution in [3.05, 3.63) is 91.5 Å². The van der Waals surface area contributed by atoms with E-state index in [0.29, 0.717) is 27.2 Å². The summed E-state index contributed by atoms with van der Waals surface area (Å²) < 4.78 is 12.7. The molecule has 32 heavy (non-hydrogen) atoms. The lowest BCUT2D eigenvalue weighted by Crippen LogP contribution is -2.22. The normalized spacial score (nSPS) is 10.9. The zero-order chi connectivity index (χ0) is 22.8. The molecule has 0 saturated heterocycles. The van der Waals surface area contributed by atoms with Gasteiger partial charge in [0, 0.05) is 15.7 Å². The lowest BCUT2D eigenvalue weighted by molar-refractivity contribution is -0.118. The van der Waals surface area contributed by atoms with Gasteiger partial charge in [-0.15, -0.1) is 0 Å². The minimum absolute atomic E-state index is 0.0557. The van der Waals surface area contributed by atoms with Crippen LogP contribution in [0.5, 0.6) is 5.75 Å². The first-order chi connectivity index (χ1) is 15.3. The Balaban J connectivity index is 1.73. The van der Waals surface area contributed by atoms with Crippen LogP contribution in [0.15, 0.2) is 74.3 Å². The zero-order valence-corrected chi connectivity index (χ0v) is 19.7.